The zero-order valence-corrected chi connectivity index (χ0v) is 20.0. The van der Waals surface area contributed by atoms with Crippen LogP contribution in [0.25, 0.3) is 11.5 Å². The molecule has 0 saturated carbocycles. The lowest BCUT2D eigenvalue weighted by atomic mass is 10.1. The topological polar surface area (TPSA) is 71.1 Å². The van der Waals surface area contributed by atoms with E-state index in [-0.39, 0.29) is 6.10 Å². The van der Waals surface area contributed by atoms with Gasteiger partial charge in [-0.25, -0.2) is 4.68 Å². The van der Waals surface area contributed by atoms with Gasteiger partial charge < -0.3 is 23.4 Å². The van der Waals surface area contributed by atoms with Crippen molar-refractivity contribution in [2.24, 2.45) is 0 Å². The maximum Gasteiger partial charge on any atom is 0.288 e. The minimum atomic E-state index is 0.149. The lowest BCUT2D eigenvalue weighted by Gasteiger charge is -2.32. The third kappa shape index (κ3) is 5.48. The maximum atomic E-state index is 6.23. The zero-order chi connectivity index (χ0) is 23.2. The molecule has 1 saturated heterocycles. The van der Waals surface area contributed by atoms with E-state index in [1.807, 2.05) is 49.4 Å². The predicted octanol–water partition coefficient (Wildman–Crippen LogP) is 4.79. The first-order valence-electron chi connectivity index (χ1n) is 11.0. The van der Waals surface area contributed by atoms with Gasteiger partial charge in [0.15, 0.2) is 23.0 Å². The molecule has 1 aromatic heterocycles. The van der Waals surface area contributed by atoms with Crippen molar-refractivity contribution in [3.8, 4) is 34.5 Å². The largest absolute Gasteiger partial charge is 0.493 e. The smallest absolute Gasteiger partial charge is 0.288 e. The number of para-hydroxylation sites is 2. The highest BCUT2D eigenvalue weighted by atomic mass is 32.1. The molecule has 0 bridgehead atoms. The Hall–Kier alpha value is -3.04. The minimum absolute atomic E-state index is 0.149. The molecule has 33 heavy (non-hydrogen) atoms. The molecule has 0 amide bonds. The van der Waals surface area contributed by atoms with E-state index in [9.17, 15) is 0 Å². The fraction of sp³-hybridized carbons (Fsp3) is 0.417. The summed E-state index contributed by atoms with van der Waals surface area (Å²) in [4.78, 5) is 2.63. The molecule has 3 aromatic rings. The van der Waals surface area contributed by atoms with Crippen molar-refractivity contribution < 1.29 is 23.4 Å². The number of benzene rings is 2. The van der Waals surface area contributed by atoms with Crippen LogP contribution in [0.15, 0.2) is 46.9 Å². The number of aromatic nitrogens is 2. The second kappa shape index (κ2) is 10.7. The van der Waals surface area contributed by atoms with Crippen molar-refractivity contribution in [3.63, 3.8) is 0 Å². The van der Waals surface area contributed by atoms with Crippen LogP contribution < -0.4 is 18.9 Å². The van der Waals surface area contributed by atoms with Crippen LogP contribution in [-0.2, 0) is 6.67 Å². The minimum Gasteiger partial charge on any atom is -0.493 e. The Kier molecular flexibility index (Phi) is 7.51. The first kappa shape index (κ1) is 23.1. The van der Waals surface area contributed by atoms with Gasteiger partial charge in [0, 0.05) is 18.7 Å². The first-order valence-corrected chi connectivity index (χ1v) is 11.4. The summed E-state index contributed by atoms with van der Waals surface area (Å²) in [5, 5.41) is 4.58. The van der Waals surface area contributed by atoms with Crippen LogP contribution in [0, 0.1) is 4.84 Å². The van der Waals surface area contributed by atoms with Gasteiger partial charge in [0.1, 0.15) is 6.10 Å². The summed E-state index contributed by atoms with van der Waals surface area (Å²) in [6, 6.07) is 13.3. The van der Waals surface area contributed by atoms with Crippen LogP contribution in [0.1, 0.15) is 19.8 Å². The third-order valence-electron chi connectivity index (χ3n) is 5.55. The number of piperidine rings is 1. The molecule has 9 heteroatoms. The summed E-state index contributed by atoms with van der Waals surface area (Å²) in [7, 11) is 3.20. The monoisotopic (exact) mass is 471 g/mol. The lowest BCUT2D eigenvalue weighted by Crippen LogP contribution is -2.39. The van der Waals surface area contributed by atoms with Gasteiger partial charge >= 0.3 is 0 Å². The Morgan fingerprint density at radius 1 is 1.00 bits per heavy atom. The highest BCUT2D eigenvalue weighted by Gasteiger charge is 2.23. The number of ether oxygens (including phenoxy) is 4. The van der Waals surface area contributed by atoms with Crippen molar-refractivity contribution in [2.75, 3.05) is 33.9 Å². The molecule has 2 heterocycles. The van der Waals surface area contributed by atoms with Crippen LogP contribution in [0.5, 0.6) is 23.0 Å². The molecule has 0 aliphatic carbocycles. The van der Waals surface area contributed by atoms with Crippen LogP contribution in [0.2, 0.25) is 0 Å². The van der Waals surface area contributed by atoms with Crippen molar-refractivity contribution in [1.82, 2.24) is 14.7 Å². The molecule has 1 fully saturated rings. The Balaban J connectivity index is 1.37. The van der Waals surface area contributed by atoms with Crippen molar-refractivity contribution in [1.29, 1.82) is 0 Å². The summed E-state index contributed by atoms with van der Waals surface area (Å²) in [5.41, 5.74) is 0.776. The van der Waals surface area contributed by atoms with Crippen molar-refractivity contribution in [3.05, 3.63) is 47.3 Å². The second-order valence-electron chi connectivity index (χ2n) is 7.70. The van der Waals surface area contributed by atoms with Gasteiger partial charge in [-0.15, -0.1) is 5.10 Å². The van der Waals surface area contributed by atoms with Crippen LogP contribution in [0.3, 0.4) is 0 Å². The summed E-state index contributed by atoms with van der Waals surface area (Å²) in [6.07, 6.45) is 1.97. The Bertz CT molecular complexity index is 1120. The molecular weight excluding hydrogens is 442 g/mol. The molecule has 0 atom stereocenters. The molecule has 8 nitrogen and oxygen atoms in total. The molecule has 1 aliphatic heterocycles. The molecule has 176 valence electrons. The van der Waals surface area contributed by atoms with E-state index in [1.165, 1.54) is 0 Å². The molecule has 0 N–H and O–H groups in total. The Morgan fingerprint density at radius 3 is 2.42 bits per heavy atom. The standard InChI is InChI=1S/C24H29N3O5S/c1-4-30-20-7-5-6-8-21(20)31-18-11-13-26(14-12-18)16-27-24(33)32-23(25-27)17-9-10-19(28-2)22(15-17)29-3/h5-10,15,18H,4,11-14,16H2,1-3H3. The Labute approximate surface area is 198 Å². The summed E-state index contributed by atoms with van der Waals surface area (Å²) in [5.74, 6) is 3.30. The van der Waals surface area contributed by atoms with E-state index in [0.717, 1.165) is 43.0 Å². The molecule has 4 rings (SSSR count). The molecule has 0 spiro atoms. The Morgan fingerprint density at radius 2 is 1.73 bits per heavy atom. The molecule has 0 radical (unpaired) electrons. The van der Waals surface area contributed by atoms with E-state index in [4.69, 9.17) is 35.6 Å². The summed E-state index contributed by atoms with van der Waals surface area (Å²) in [6.45, 7) is 4.91. The van der Waals surface area contributed by atoms with Crippen LogP contribution in [-0.4, -0.2) is 54.7 Å². The van der Waals surface area contributed by atoms with Gasteiger partial charge in [0.2, 0.25) is 5.89 Å². The molecule has 1 aliphatic rings. The summed E-state index contributed by atoms with van der Waals surface area (Å²) < 4.78 is 30.0. The number of methoxy groups -OCH3 is 2. The van der Waals surface area contributed by atoms with Crippen molar-refractivity contribution >= 4 is 12.2 Å². The van der Waals surface area contributed by atoms with E-state index < -0.39 is 0 Å². The van der Waals surface area contributed by atoms with Gasteiger partial charge in [-0.2, -0.15) is 0 Å². The number of rotatable bonds is 9. The number of hydrogen-bond donors (Lipinski definition) is 0. The number of nitrogens with zero attached hydrogens (tertiary/aromatic N) is 3. The van der Waals surface area contributed by atoms with Gasteiger partial charge in [0.05, 0.1) is 27.5 Å². The predicted molar refractivity (Wildman–Crippen MR) is 127 cm³/mol. The second-order valence-corrected chi connectivity index (χ2v) is 8.05. The highest BCUT2D eigenvalue weighted by molar-refractivity contribution is 7.71. The normalized spacial score (nSPS) is 14.8. The van der Waals surface area contributed by atoms with E-state index in [2.05, 4.69) is 10.00 Å². The average molecular weight is 472 g/mol. The van der Waals surface area contributed by atoms with Crippen LogP contribution in [0.4, 0.5) is 0 Å². The SMILES string of the molecule is CCOc1ccccc1OC1CCN(Cn2nc(-c3ccc(OC)c(OC)c3)oc2=S)CC1. The fourth-order valence-corrected chi connectivity index (χ4v) is 4.02. The quantitative estimate of drug-likeness (QED) is 0.413. The van der Waals surface area contributed by atoms with Crippen molar-refractivity contribution in [2.45, 2.75) is 32.5 Å². The zero-order valence-electron chi connectivity index (χ0n) is 19.2. The van der Waals surface area contributed by atoms with Gasteiger partial charge in [-0.05, 0) is 62.3 Å². The third-order valence-corrected chi connectivity index (χ3v) is 5.84. The fourth-order valence-electron chi connectivity index (χ4n) is 3.84. The lowest BCUT2D eigenvalue weighted by molar-refractivity contribution is 0.0773. The molecular formula is C24H29N3O5S. The maximum absolute atomic E-state index is 6.23. The van der Waals surface area contributed by atoms with E-state index >= 15 is 0 Å². The number of hydrogen-bond acceptors (Lipinski definition) is 8. The first-order chi connectivity index (χ1) is 16.1. The highest BCUT2D eigenvalue weighted by Crippen LogP contribution is 2.32. The van der Waals surface area contributed by atoms with Crippen LogP contribution >= 0.6 is 12.2 Å². The van der Waals surface area contributed by atoms with E-state index in [0.29, 0.717) is 35.5 Å². The van der Waals surface area contributed by atoms with Gasteiger partial charge in [-0.3, -0.25) is 4.90 Å². The molecule has 2 aromatic carbocycles. The molecule has 0 unspecified atom stereocenters. The number of likely N-dealkylation sites (tertiary alicyclic amines) is 1. The summed E-state index contributed by atoms with van der Waals surface area (Å²) >= 11 is 5.41. The van der Waals surface area contributed by atoms with Gasteiger partial charge in [0.25, 0.3) is 4.84 Å². The van der Waals surface area contributed by atoms with Gasteiger partial charge in [-0.1, -0.05) is 12.1 Å². The van der Waals surface area contributed by atoms with E-state index in [1.54, 1.807) is 18.9 Å². The average Bonchev–Trinajstić information content (AvgIpc) is 3.21.